The first-order chi connectivity index (χ1) is 13.3. The second kappa shape index (κ2) is 9.14. The minimum absolute atomic E-state index is 0.0709. The van der Waals surface area contributed by atoms with Crippen LogP contribution in [0.5, 0.6) is 0 Å². The number of carbonyl (C=O) groups excluding carboxylic acids is 2. The number of rotatable bonds is 5. The van der Waals surface area contributed by atoms with Crippen LogP contribution in [0.2, 0.25) is 0 Å². The number of benzene rings is 2. The Balaban J connectivity index is 1.96. The molecule has 0 bridgehead atoms. The molecule has 0 aliphatic carbocycles. The molecule has 28 heavy (non-hydrogen) atoms. The van der Waals surface area contributed by atoms with E-state index in [0.29, 0.717) is 0 Å². The van der Waals surface area contributed by atoms with Gasteiger partial charge in [-0.3, -0.25) is 46.0 Å². The van der Waals surface area contributed by atoms with E-state index in [1.54, 1.807) is 24.3 Å². The first-order valence-corrected chi connectivity index (χ1v) is 8.05. The number of nitrogens with zero attached hydrogens (tertiary/aromatic N) is 2. The quantitative estimate of drug-likeness (QED) is 0.384. The fraction of sp³-hybridized carbons (Fsp3) is 0.0625. The summed E-state index contributed by atoms with van der Waals surface area (Å²) >= 11 is 4.86. The van der Waals surface area contributed by atoms with Crippen LogP contribution >= 0.6 is 12.2 Å². The van der Waals surface area contributed by atoms with Crippen LogP contribution in [0.15, 0.2) is 48.5 Å². The van der Waals surface area contributed by atoms with Gasteiger partial charge in [-0.2, -0.15) is 0 Å². The Morgan fingerprint density at radius 2 is 1.50 bits per heavy atom. The average molecular weight is 403 g/mol. The minimum Gasteiger partial charge on any atom is -0.298 e. The van der Waals surface area contributed by atoms with E-state index in [2.05, 4.69) is 16.2 Å². The van der Waals surface area contributed by atoms with Crippen molar-refractivity contribution in [3.8, 4) is 0 Å². The number of hydrogen-bond donors (Lipinski definition) is 3. The molecule has 0 aromatic heterocycles. The second-order valence-electron chi connectivity index (χ2n) is 5.37. The summed E-state index contributed by atoms with van der Waals surface area (Å²) < 4.78 is 0. The van der Waals surface area contributed by atoms with E-state index in [0.717, 1.165) is 23.8 Å². The van der Waals surface area contributed by atoms with Gasteiger partial charge in [0.05, 0.1) is 27.9 Å². The van der Waals surface area contributed by atoms with Crippen LogP contribution in [0.3, 0.4) is 0 Å². The number of nitro benzene ring substituents is 2. The monoisotopic (exact) mass is 403 g/mol. The lowest BCUT2D eigenvalue weighted by atomic mass is 10.1. The number of hydrazine groups is 1. The maximum absolute atomic E-state index is 12.1. The molecule has 0 saturated carbocycles. The molecule has 0 fully saturated rings. The predicted octanol–water partition coefficient (Wildman–Crippen LogP) is 1.38. The molecule has 0 unspecified atom stereocenters. The molecular weight excluding hydrogens is 390 g/mol. The van der Waals surface area contributed by atoms with E-state index >= 15 is 0 Å². The Kier molecular flexibility index (Phi) is 6.65. The molecule has 2 aromatic carbocycles. The Bertz CT molecular complexity index is 918. The number of hydrogen-bond acceptors (Lipinski definition) is 7. The van der Waals surface area contributed by atoms with Crippen molar-refractivity contribution in [2.75, 3.05) is 0 Å². The first kappa shape index (κ1) is 20.4. The Morgan fingerprint density at radius 3 is 2.04 bits per heavy atom. The Labute approximate surface area is 163 Å². The molecule has 2 aromatic rings. The molecule has 11 nitrogen and oxygen atoms in total. The molecule has 0 aliphatic rings. The summed E-state index contributed by atoms with van der Waals surface area (Å²) in [6, 6.07) is 11.4. The Hall–Kier alpha value is -3.93. The van der Waals surface area contributed by atoms with Crippen molar-refractivity contribution in [2.24, 2.45) is 0 Å². The van der Waals surface area contributed by atoms with E-state index in [-0.39, 0.29) is 17.1 Å². The minimum atomic E-state index is -0.915. The van der Waals surface area contributed by atoms with Crippen molar-refractivity contribution < 1.29 is 19.4 Å². The summed E-state index contributed by atoms with van der Waals surface area (Å²) in [6.07, 6.45) is 0.0709. The standard InChI is InChI=1S/C16H13N5O6S/c22-14(6-10-4-2-1-3-5-10)18-19-16(28)17-15(23)11-7-12(20(24)25)9-13(8-11)21(26)27/h1-5,7-9H,6H2,(H,18,22)(H2,17,19,23,28). The van der Waals surface area contributed by atoms with Gasteiger partial charge in [-0.15, -0.1) is 0 Å². The van der Waals surface area contributed by atoms with Crippen LogP contribution in [0.1, 0.15) is 15.9 Å². The molecule has 0 saturated heterocycles. The van der Waals surface area contributed by atoms with Gasteiger partial charge in [-0.05, 0) is 17.8 Å². The lowest BCUT2D eigenvalue weighted by Gasteiger charge is -2.11. The van der Waals surface area contributed by atoms with Crippen LogP contribution in [-0.2, 0) is 11.2 Å². The van der Waals surface area contributed by atoms with Gasteiger partial charge in [0.2, 0.25) is 5.91 Å². The molecule has 0 aliphatic heterocycles. The van der Waals surface area contributed by atoms with Gasteiger partial charge in [0.1, 0.15) is 0 Å². The van der Waals surface area contributed by atoms with Crippen molar-refractivity contribution >= 4 is 40.5 Å². The maximum Gasteiger partial charge on any atom is 0.277 e. The van der Waals surface area contributed by atoms with Crippen molar-refractivity contribution in [3.05, 3.63) is 79.9 Å². The van der Waals surface area contributed by atoms with Gasteiger partial charge < -0.3 is 0 Å². The number of amides is 2. The molecule has 0 heterocycles. The summed E-state index contributed by atoms with van der Waals surface area (Å²) in [7, 11) is 0. The lowest BCUT2D eigenvalue weighted by molar-refractivity contribution is -0.394. The van der Waals surface area contributed by atoms with Crippen LogP contribution < -0.4 is 16.2 Å². The smallest absolute Gasteiger partial charge is 0.277 e. The third kappa shape index (κ3) is 5.81. The number of nitrogens with one attached hydrogen (secondary N) is 3. The highest BCUT2D eigenvalue weighted by atomic mass is 32.1. The fourth-order valence-corrected chi connectivity index (χ4v) is 2.24. The van der Waals surface area contributed by atoms with E-state index in [9.17, 15) is 29.8 Å². The van der Waals surface area contributed by atoms with Gasteiger partial charge in [0.25, 0.3) is 17.3 Å². The van der Waals surface area contributed by atoms with E-state index in [4.69, 9.17) is 12.2 Å². The number of thiocarbonyl (C=S) groups is 1. The largest absolute Gasteiger partial charge is 0.298 e. The first-order valence-electron chi connectivity index (χ1n) is 7.64. The molecule has 3 N–H and O–H groups in total. The second-order valence-corrected chi connectivity index (χ2v) is 5.78. The molecule has 0 atom stereocenters. The zero-order chi connectivity index (χ0) is 20.7. The van der Waals surface area contributed by atoms with Gasteiger partial charge in [-0.1, -0.05) is 30.3 Å². The summed E-state index contributed by atoms with van der Waals surface area (Å²) in [6.45, 7) is 0. The highest BCUT2D eigenvalue weighted by Gasteiger charge is 2.20. The average Bonchev–Trinajstić information content (AvgIpc) is 2.66. The molecule has 2 amide bonds. The zero-order valence-electron chi connectivity index (χ0n) is 14.1. The summed E-state index contributed by atoms with van der Waals surface area (Å²) in [4.78, 5) is 44.0. The van der Waals surface area contributed by atoms with Crippen LogP contribution in [0, 0.1) is 20.2 Å². The number of carbonyl (C=O) groups is 2. The molecule has 2 rings (SSSR count). The number of nitro groups is 2. The number of non-ortho nitro benzene ring substituents is 2. The van der Waals surface area contributed by atoms with Gasteiger partial charge in [0, 0.05) is 12.1 Å². The Morgan fingerprint density at radius 1 is 0.929 bits per heavy atom. The zero-order valence-corrected chi connectivity index (χ0v) is 14.9. The van der Waals surface area contributed by atoms with E-state index < -0.39 is 33.0 Å². The third-order valence-electron chi connectivity index (χ3n) is 3.34. The lowest BCUT2D eigenvalue weighted by Crippen LogP contribution is -2.48. The summed E-state index contributed by atoms with van der Waals surface area (Å²) in [5.74, 6) is -1.34. The van der Waals surface area contributed by atoms with Gasteiger partial charge in [-0.25, -0.2) is 0 Å². The van der Waals surface area contributed by atoms with Crippen molar-refractivity contribution in [3.63, 3.8) is 0 Å². The van der Waals surface area contributed by atoms with Crippen LogP contribution in [0.25, 0.3) is 0 Å². The highest BCUT2D eigenvalue weighted by Crippen LogP contribution is 2.22. The topological polar surface area (TPSA) is 157 Å². The predicted molar refractivity (Wildman–Crippen MR) is 101 cm³/mol. The molecule has 0 spiro atoms. The summed E-state index contributed by atoms with van der Waals surface area (Å²) in [5.41, 5.74) is 3.80. The van der Waals surface area contributed by atoms with Crippen molar-refractivity contribution in [1.29, 1.82) is 0 Å². The highest BCUT2D eigenvalue weighted by molar-refractivity contribution is 7.80. The molecular formula is C16H13N5O6S. The molecule has 0 radical (unpaired) electrons. The van der Waals surface area contributed by atoms with Crippen LogP contribution in [-0.4, -0.2) is 26.8 Å². The fourth-order valence-electron chi connectivity index (χ4n) is 2.10. The van der Waals surface area contributed by atoms with Gasteiger partial charge in [0.15, 0.2) is 5.11 Å². The van der Waals surface area contributed by atoms with Crippen molar-refractivity contribution in [1.82, 2.24) is 16.2 Å². The van der Waals surface area contributed by atoms with E-state index in [1.807, 2.05) is 6.07 Å². The molecule has 144 valence electrons. The maximum atomic E-state index is 12.1. The van der Waals surface area contributed by atoms with Crippen molar-refractivity contribution in [2.45, 2.75) is 6.42 Å². The van der Waals surface area contributed by atoms with Crippen LogP contribution in [0.4, 0.5) is 11.4 Å². The van der Waals surface area contributed by atoms with E-state index in [1.165, 1.54) is 0 Å². The SMILES string of the molecule is O=C(Cc1ccccc1)NNC(=S)NC(=O)c1cc([N+](=O)[O-])cc([N+](=O)[O-])c1. The summed E-state index contributed by atoms with van der Waals surface area (Å²) in [5, 5.41) is 23.6. The molecule has 12 heteroatoms. The van der Waals surface area contributed by atoms with Gasteiger partial charge >= 0.3 is 0 Å². The normalized spacial score (nSPS) is 9.86. The third-order valence-corrected chi connectivity index (χ3v) is 3.54.